The normalized spacial score (nSPS) is 10.4. The van der Waals surface area contributed by atoms with Gasteiger partial charge in [-0.2, -0.15) is 0 Å². The van der Waals surface area contributed by atoms with E-state index < -0.39 is 29.0 Å². The van der Waals surface area contributed by atoms with E-state index >= 15 is 0 Å². The molecule has 0 fully saturated rings. The van der Waals surface area contributed by atoms with E-state index in [9.17, 15) is 18.0 Å². The maximum Gasteiger partial charge on any atom is 0.256 e. The number of hydrogen-bond acceptors (Lipinski definition) is 1. The summed E-state index contributed by atoms with van der Waals surface area (Å²) in [7, 11) is 0. The number of benzene rings is 2. The van der Waals surface area contributed by atoms with E-state index in [4.69, 9.17) is 0 Å². The second kappa shape index (κ2) is 5.66. The molecule has 0 aromatic heterocycles. The van der Waals surface area contributed by atoms with Crippen molar-refractivity contribution < 1.29 is 18.0 Å². The molecule has 0 bridgehead atoms. The number of nitrogens with one attached hydrogen (secondary N) is 1. The number of rotatable bonds is 2. The lowest BCUT2D eigenvalue weighted by Gasteiger charge is -2.09. The smallest absolute Gasteiger partial charge is 0.256 e. The number of carbonyl (C=O) groups excluding carboxylic acids is 1. The molecular formula is C14H9BrF3NO. The van der Waals surface area contributed by atoms with Gasteiger partial charge < -0.3 is 5.32 Å². The number of halogens is 4. The maximum atomic E-state index is 13.5. The van der Waals surface area contributed by atoms with Gasteiger partial charge in [0.25, 0.3) is 5.91 Å². The quantitative estimate of drug-likeness (QED) is 0.803. The molecule has 20 heavy (non-hydrogen) atoms. The molecule has 0 saturated heterocycles. The summed E-state index contributed by atoms with van der Waals surface area (Å²) in [5.74, 6) is -4.27. The largest absolute Gasteiger partial charge is 0.319 e. The van der Waals surface area contributed by atoms with Gasteiger partial charge in [-0.3, -0.25) is 4.79 Å². The van der Waals surface area contributed by atoms with E-state index in [2.05, 4.69) is 21.2 Å². The molecule has 0 radical (unpaired) electrons. The average Bonchev–Trinajstić information content (AvgIpc) is 2.38. The van der Waals surface area contributed by atoms with Crippen LogP contribution in [-0.2, 0) is 0 Å². The molecule has 1 N–H and O–H groups in total. The molecule has 6 heteroatoms. The van der Waals surface area contributed by atoms with Gasteiger partial charge in [0, 0.05) is 22.2 Å². The standard InChI is InChI=1S/C14H9BrF3NO/c1-7-2-3-8(15)4-10(7)14(20)19-12-6-9(16)5-11(17)13(12)18/h2-6H,1H3,(H,19,20). The van der Waals surface area contributed by atoms with Crippen LogP contribution >= 0.6 is 15.9 Å². The van der Waals surface area contributed by atoms with Crippen molar-refractivity contribution in [2.75, 3.05) is 5.32 Å². The van der Waals surface area contributed by atoms with Gasteiger partial charge in [0.05, 0.1) is 5.69 Å². The molecule has 0 aliphatic rings. The molecule has 2 rings (SSSR count). The fraction of sp³-hybridized carbons (Fsp3) is 0.0714. The van der Waals surface area contributed by atoms with Crippen molar-refractivity contribution in [3.63, 3.8) is 0 Å². The number of carbonyl (C=O) groups is 1. The first-order chi connectivity index (χ1) is 9.38. The lowest BCUT2D eigenvalue weighted by atomic mass is 10.1. The van der Waals surface area contributed by atoms with E-state index in [-0.39, 0.29) is 5.56 Å². The average molecular weight is 344 g/mol. The van der Waals surface area contributed by atoms with Crippen molar-refractivity contribution >= 4 is 27.5 Å². The highest BCUT2D eigenvalue weighted by Gasteiger charge is 2.16. The minimum Gasteiger partial charge on any atom is -0.319 e. The van der Waals surface area contributed by atoms with Crippen molar-refractivity contribution in [2.45, 2.75) is 6.92 Å². The van der Waals surface area contributed by atoms with Crippen LogP contribution in [0.25, 0.3) is 0 Å². The van der Waals surface area contributed by atoms with Crippen molar-refractivity contribution in [3.8, 4) is 0 Å². The van der Waals surface area contributed by atoms with Crippen LogP contribution in [-0.4, -0.2) is 5.91 Å². The highest BCUT2D eigenvalue weighted by atomic mass is 79.9. The summed E-state index contributed by atoms with van der Waals surface area (Å²) in [6.07, 6.45) is 0. The number of amides is 1. The summed E-state index contributed by atoms with van der Waals surface area (Å²) < 4.78 is 40.2. The molecule has 0 heterocycles. The van der Waals surface area contributed by atoms with Crippen LogP contribution in [0.3, 0.4) is 0 Å². The van der Waals surface area contributed by atoms with Gasteiger partial charge in [0.1, 0.15) is 5.82 Å². The van der Waals surface area contributed by atoms with Crippen LogP contribution in [0.5, 0.6) is 0 Å². The van der Waals surface area contributed by atoms with Crippen LogP contribution in [0.2, 0.25) is 0 Å². The zero-order chi connectivity index (χ0) is 14.9. The topological polar surface area (TPSA) is 29.1 Å². The third-order valence-electron chi connectivity index (χ3n) is 2.69. The molecule has 0 saturated carbocycles. The third-order valence-corrected chi connectivity index (χ3v) is 3.18. The molecule has 2 nitrogen and oxygen atoms in total. The van der Waals surface area contributed by atoms with Gasteiger partial charge in [-0.25, -0.2) is 13.2 Å². The molecule has 2 aromatic carbocycles. The maximum absolute atomic E-state index is 13.5. The lowest BCUT2D eigenvalue weighted by Crippen LogP contribution is -2.15. The molecule has 0 unspecified atom stereocenters. The Morgan fingerprint density at radius 1 is 1.15 bits per heavy atom. The predicted molar refractivity (Wildman–Crippen MR) is 73.1 cm³/mol. The lowest BCUT2D eigenvalue weighted by molar-refractivity contribution is 0.102. The van der Waals surface area contributed by atoms with Crippen LogP contribution in [0, 0.1) is 24.4 Å². The van der Waals surface area contributed by atoms with Gasteiger partial charge >= 0.3 is 0 Å². The van der Waals surface area contributed by atoms with E-state index in [1.165, 1.54) is 6.07 Å². The summed E-state index contributed by atoms with van der Waals surface area (Å²) in [6, 6.07) is 6.12. The van der Waals surface area contributed by atoms with Crippen molar-refractivity contribution in [1.29, 1.82) is 0 Å². The molecule has 1 amide bonds. The molecule has 0 atom stereocenters. The molecular weight excluding hydrogens is 335 g/mol. The summed E-state index contributed by atoms with van der Waals surface area (Å²) in [6.45, 7) is 1.70. The number of anilines is 1. The highest BCUT2D eigenvalue weighted by molar-refractivity contribution is 9.10. The summed E-state index contributed by atoms with van der Waals surface area (Å²) >= 11 is 3.21. The predicted octanol–water partition coefficient (Wildman–Crippen LogP) is 4.43. The van der Waals surface area contributed by atoms with Crippen LogP contribution in [0.15, 0.2) is 34.8 Å². The van der Waals surface area contributed by atoms with Gasteiger partial charge in [0.15, 0.2) is 11.6 Å². The van der Waals surface area contributed by atoms with Gasteiger partial charge in [-0.05, 0) is 24.6 Å². The molecule has 0 aliphatic carbocycles. The zero-order valence-electron chi connectivity index (χ0n) is 10.3. The van der Waals surface area contributed by atoms with E-state index in [0.717, 1.165) is 6.07 Å². The van der Waals surface area contributed by atoms with Crippen molar-refractivity contribution in [2.24, 2.45) is 0 Å². The van der Waals surface area contributed by atoms with Gasteiger partial charge in [0.2, 0.25) is 0 Å². The highest BCUT2D eigenvalue weighted by Crippen LogP contribution is 2.22. The van der Waals surface area contributed by atoms with Crippen molar-refractivity contribution in [3.05, 3.63) is 63.4 Å². The van der Waals surface area contributed by atoms with Gasteiger partial charge in [-0.15, -0.1) is 0 Å². The van der Waals surface area contributed by atoms with Crippen molar-refractivity contribution in [1.82, 2.24) is 0 Å². The summed E-state index contributed by atoms with van der Waals surface area (Å²) in [5.41, 5.74) is 0.401. The zero-order valence-corrected chi connectivity index (χ0v) is 11.9. The Bertz CT molecular complexity index is 688. The second-order valence-corrected chi connectivity index (χ2v) is 5.08. The third kappa shape index (κ3) is 3.01. The molecule has 0 aliphatic heterocycles. The summed E-state index contributed by atoms with van der Waals surface area (Å²) in [5, 5.41) is 2.16. The first-order valence-electron chi connectivity index (χ1n) is 5.60. The Hall–Kier alpha value is -1.82. The Morgan fingerprint density at radius 2 is 1.85 bits per heavy atom. The van der Waals surface area contributed by atoms with Crippen LogP contribution < -0.4 is 5.32 Å². The molecule has 0 spiro atoms. The number of hydrogen-bond donors (Lipinski definition) is 1. The van der Waals surface area contributed by atoms with E-state index in [1.54, 1.807) is 19.1 Å². The fourth-order valence-electron chi connectivity index (χ4n) is 1.68. The summed E-state index contributed by atoms with van der Waals surface area (Å²) in [4.78, 5) is 12.0. The first-order valence-corrected chi connectivity index (χ1v) is 6.40. The number of aryl methyl sites for hydroxylation is 1. The second-order valence-electron chi connectivity index (χ2n) is 4.16. The Kier molecular flexibility index (Phi) is 4.13. The van der Waals surface area contributed by atoms with E-state index in [0.29, 0.717) is 16.1 Å². The SMILES string of the molecule is Cc1ccc(Br)cc1C(=O)Nc1cc(F)cc(F)c1F. The Balaban J connectivity index is 2.35. The van der Waals surface area contributed by atoms with Crippen LogP contribution in [0.4, 0.5) is 18.9 Å². The molecule has 104 valence electrons. The monoisotopic (exact) mass is 343 g/mol. The minimum absolute atomic E-state index is 0.281. The minimum atomic E-state index is -1.36. The van der Waals surface area contributed by atoms with Crippen LogP contribution in [0.1, 0.15) is 15.9 Å². The fourth-order valence-corrected chi connectivity index (χ4v) is 2.04. The van der Waals surface area contributed by atoms with Gasteiger partial charge in [-0.1, -0.05) is 22.0 Å². The first kappa shape index (κ1) is 14.6. The van der Waals surface area contributed by atoms with E-state index in [1.807, 2.05) is 0 Å². The molecule has 2 aromatic rings. The Morgan fingerprint density at radius 3 is 2.55 bits per heavy atom. The Labute approximate surface area is 121 Å².